The van der Waals surface area contributed by atoms with Gasteiger partial charge in [-0.1, -0.05) is 48.5 Å². The second-order valence-corrected chi connectivity index (χ2v) is 8.37. The van der Waals surface area contributed by atoms with Gasteiger partial charge in [0.2, 0.25) is 0 Å². The van der Waals surface area contributed by atoms with Gasteiger partial charge in [-0.2, -0.15) is 5.01 Å². The van der Waals surface area contributed by atoms with Crippen LogP contribution in [0.3, 0.4) is 0 Å². The first kappa shape index (κ1) is 19.3. The van der Waals surface area contributed by atoms with E-state index < -0.39 is 45.9 Å². The quantitative estimate of drug-likeness (QED) is 0.378. The highest BCUT2D eigenvalue weighted by atomic mass is 16.6. The molecule has 1 aliphatic heterocycles. The van der Waals surface area contributed by atoms with Crippen LogP contribution in [-0.4, -0.2) is 32.6 Å². The Balaban J connectivity index is 1.54. The molecular formula is C24H16N4O5. The third-order valence-electron chi connectivity index (χ3n) is 7.02. The summed E-state index contributed by atoms with van der Waals surface area (Å²) in [5, 5.41) is 13.5. The van der Waals surface area contributed by atoms with Crippen molar-refractivity contribution >= 4 is 17.7 Å². The summed E-state index contributed by atoms with van der Waals surface area (Å²) in [5.74, 6) is -4.89. The monoisotopic (exact) mass is 440 g/mol. The van der Waals surface area contributed by atoms with Gasteiger partial charge in [0.05, 0.1) is 5.92 Å². The molecule has 9 heteroatoms. The highest BCUT2D eigenvalue weighted by molar-refractivity contribution is 6.10. The van der Waals surface area contributed by atoms with E-state index in [1.807, 2.05) is 0 Å². The minimum Gasteiger partial charge on any atom is -0.272 e. The van der Waals surface area contributed by atoms with Gasteiger partial charge in [0, 0.05) is 39.9 Å². The Morgan fingerprint density at radius 2 is 1.52 bits per heavy atom. The maximum atomic E-state index is 13.6. The summed E-state index contributed by atoms with van der Waals surface area (Å²) >= 11 is 0. The van der Waals surface area contributed by atoms with Gasteiger partial charge < -0.3 is 0 Å². The van der Waals surface area contributed by atoms with Crippen molar-refractivity contribution in [2.24, 2.45) is 11.8 Å². The second-order valence-electron chi connectivity index (χ2n) is 8.37. The van der Waals surface area contributed by atoms with E-state index in [0.717, 1.165) is 0 Å². The fourth-order valence-corrected chi connectivity index (χ4v) is 5.82. The van der Waals surface area contributed by atoms with Crippen molar-refractivity contribution in [2.45, 2.75) is 11.5 Å². The molecule has 2 aromatic carbocycles. The molecule has 3 aliphatic carbocycles. The van der Waals surface area contributed by atoms with E-state index >= 15 is 0 Å². The Morgan fingerprint density at radius 3 is 2.09 bits per heavy atom. The smallest absolute Gasteiger partial charge is 0.272 e. The lowest BCUT2D eigenvalue weighted by Gasteiger charge is -2.48. The van der Waals surface area contributed by atoms with Gasteiger partial charge in [0.15, 0.2) is 0 Å². The van der Waals surface area contributed by atoms with Crippen molar-refractivity contribution in [1.82, 2.24) is 15.4 Å². The molecule has 3 amide bonds. The number of benzene rings is 2. The number of hydrogen-bond donors (Lipinski definition) is 1. The van der Waals surface area contributed by atoms with E-state index in [-0.39, 0.29) is 5.56 Å². The maximum absolute atomic E-state index is 13.6. The third-order valence-corrected chi connectivity index (χ3v) is 7.02. The van der Waals surface area contributed by atoms with Crippen molar-refractivity contribution in [3.8, 4) is 0 Å². The number of amides is 3. The zero-order chi connectivity index (χ0) is 22.9. The van der Waals surface area contributed by atoms with Crippen LogP contribution in [0.2, 0.25) is 0 Å². The molecule has 2 bridgehead atoms. The fourth-order valence-electron chi connectivity index (χ4n) is 5.82. The van der Waals surface area contributed by atoms with Gasteiger partial charge in [-0.3, -0.25) is 34.9 Å². The zero-order valence-electron chi connectivity index (χ0n) is 17.0. The van der Waals surface area contributed by atoms with Crippen LogP contribution >= 0.6 is 0 Å². The molecule has 4 aliphatic rings. The first-order valence-electron chi connectivity index (χ1n) is 10.4. The summed E-state index contributed by atoms with van der Waals surface area (Å²) in [4.78, 5) is 56.1. The molecule has 0 unspecified atom stereocenters. The minimum absolute atomic E-state index is 0.207. The molecular weight excluding hydrogens is 424 g/mol. The lowest BCUT2D eigenvalue weighted by atomic mass is 9.51. The third kappa shape index (κ3) is 2.25. The van der Waals surface area contributed by atoms with Crippen LogP contribution in [0.25, 0.3) is 0 Å². The summed E-state index contributed by atoms with van der Waals surface area (Å²) < 4.78 is 0. The highest BCUT2D eigenvalue weighted by Crippen LogP contribution is 2.63. The standard InChI is InChI=1S/C24H16N4O5/c29-21(13-9-11-25-12-10-13)26-27-22(30)19-18-14-5-1-3-7-16(14)24(28(32)33,20(19)23(27)31)17-8-4-2-6-15(17)18/h1-12,18-20H,(H,26,29)/t18?,19-,20+,24?/m1/s1. The Hall–Kier alpha value is -4.40. The van der Waals surface area contributed by atoms with Crippen LogP contribution in [-0.2, 0) is 15.1 Å². The van der Waals surface area contributed by atoms with Crippen LogP contribution in [0.5, 0.6) is 0 Å². The summed E-state index contributed by atoms with van der Waals surface area (Å²) in [6.07, 6.45) is 2.83. The number of pyridine rings is 1. The molecule has 2 atom stereocenters. The van der Waals surface area contributed by atoms with E-state index in [0.29, 0.717) is 27.3 Å². The summed E-state index contributed by atoms with van der Waals surface area (Å²) in [6, 6.07) is 16.7. The zero-order valence-corrected chi connectivity index (χ0v) is 17.0. The van der Waals surface area contributed by atoms with Crippen molar-refractivity contribution in [2.75, 3.05) is 0 Å². The van der Waals surface area contributed by atoms with Gasteiger partial charge in [-0.25, -0.2) is 0 Å². The van der Waals surface area contributed by atoms with Crippen molar-refractivity contribution < 1.29 is 19.3 Å². The van der Waals surface area contributed by atoms with Crippen molar-refractivity contribution in [1.29, 1.82) is 0 Å². The molecule has 0 radical (unpaired) electrons. The molecule has 1 fully saturated rings. The Morgan fingerprint density at radius 1 is 0.939 bits per heavy atom. The number of aromatic nitrogens is 1. The number of carbonyl (C=O) groups is 3. The first-order valence-corrected chi connectivity index (χ1v) is 10.4. The van der Waals surface area contributed by atoms with E-state index in [1.54, 1.807) is 48.5 Å². The topological polar surface area (TPSA) is 123 Å². The van der Waals surface area contributed by atoms with Crippen LogP contribution < -0.4 is 5.43 Å². The Labute approximate surface area is 187 Å². The van der Waals surface area contributed by atoms with E-state index in [1.165, 1.54) is 24.5 Å². The first-order chi connectivity index (χ1) is 16.0. The van der Waals surface area contributed by atoms with Gasteiger partial charge in [-0.15, -0.1) is 0 Å². The van der Waals surface area contributed by atoms with Gasteiger partial charge in [0.1, 0.15) is 5.92 Å². The molecule has 0 saturated carbocycles. The SMILES string of the molecule is O=C(NN1C(=O)[C@@H]2C3c4ccccc4C([N+](=O)[O-])(c4ccccc43)[C@@H]2C1=O)c1ccncc1. The highest BCUT2D eigenvalue weighted by Gasteiger charge is 2.75. The van der Waals surface area contributed by atoms with E-state index in [2.05, 4.69) is 10.4 Å². The molecule has 1 aromatic heterocycles. The molecule has 9 nitrogen and oxygen atoms in total. The normalized spacial score (nSPS) is 26.4. The number of imide groups is 1. The molecule has 3 aromatic rings. The number of nitro groups is 1. The average Bonchev–Trinajstić information content (AvgIpc) is 3.10. The predicted octanol–water partition coefficient (Wildman–Crippen LogP) is 2.01. The molecule has 0 spiro atoms. The average molecular weight is 440 g/mol. The molecule has 1 N–H and O–H groups in total. The number of hydrazine groups is 1. The fraction of sp³-hybridized carbons (Fsp3) is 0.167. The summed E-state index contributed by atoms with van der Waals surface area (Å²) in [6.45, 7) is 0. The minimum atomic E-state index is -1.92. The molecule has 162 valence electrons. The van der Waals surface area contributed by atoms with Gasteiger partial charge >= 0.3 is 0 Å². The Bertz CT molecular complexity index is 1320. The summed E-state index contributed by atoms with van der Waals surface area (Å²) in [7, 11) is 0. The van der Waals surface area contributed by atoms with Crippen LogP contribution in [0.4, 0.5) is 0 Å². The maximum Gasteiger partial charge on any atom is 0.285 e. The van der Waals surface area contributed by atoms with Crippen LogP contribution in [0, 0.1) is 22.0 Å². The van der Waals surface area contributed by atoms with Crippen molar-refractivity contribution in [3.05, 3.63) is 111 Å². The lowest BCUT2D eigenvalue weighted by molar-refractivity contribution is -0.578. The number of nitrogens with zero attached hydrogens (tertiary/aromatic N) is 3. The molecule has 2 heterocycles. The number of nitrogens with one attached hydrogen (secondary N) is 1. The Kier molecular flexibility index (Phi) is 3.83. The van der Waals surface area contributed by atoms with Crippen LogP contribution in [0.15, 0.2) is 73.1 Å². The largest absolute Gasteiger partial charge is 0.285 e. The molecule has 7 rings (SSSR count). The van der Waals surface area contributed by atoms with Gasteiger partial charge in [0.25, 0.3) is 23.3 Å². The van der Waals surface area contributed by atoms with Crippen LogP contribution in [0.1, 0.15) is 38.5 Å². The van der Waals surface area contributed by atoms with Gasteiger partial charge in [-0.05, 0) is 23.3 Å². The molecule has 1 saturated heterocycles. The summed E-state index contributed by atoms with van der Waals surface area (Å²) in [5.41, 5.74) is 2.83. The number of carbonyl (C=O) groups excluding carboxylic acids is 3. The lowest BCUT2D eigenvalue weighted by Crippen LogP contribution is -2.57. The predicted molar refractivity (Wildman–Crippen MR) is 113 cm³/mol. The number of hydrogen-bond acceptors (Lipinski definition) is 6. The van der Waals surface area contributed by atoms with E-state index in [9.17, 15) is 24.5 Å². The molecule has 33 heavy (non-hydrogen) atoms. The van der Waals surface area contributed by atoms with E-state index in [4.69, 9.17) is 0 Å². The number of rotatable bonds is 3. The second kappa shape index (κ2) is 6.55. The van der Waals surface area contributed by atoms with Crippen molar-refractivity contribution in [3.63, 3.8) is 0 Å².